The molecule has 0 amide bonds. The van der Waals surface area contributed by atoms with Crippen molar-refractivity contribution in [2.24, 2.45) is 5.73 Å². The third-order valence-corrected chi connectivity index (χ3v) is 5.28. The number of methoxy groups -OCH3 is 1. The summed E-state index contributed by atoms with van der Waals surface area (Å²) in [6, 6.07) is 1.43. The molecule has 1 aromatic rings. The first-order chi connectivity index (χ1) is 9.38. The predicted molar refractivity (Wildman–Crippen MR) is 78.9 cm³/mol. The number of hydrogen-bond donors (Lipinski definition) is 1. The minimum Gasteiger partial charge on any atom is -0.383 e. The van der Waals surface area contributed by atoms with Gasteiger partial charge in [0.25, 0.3) is 0 Å². The molecule has 1 aromatic heterocycles. The largest absolute Gasteiger partial charge is 0.383 e. The van der Waals surface area contributed by atoms with E-state index < -0.39 is 10.0 Å². The molecular weight excluding hydrogens is 278 g/mol. The van der Waals surface area contributed by atoms with Crippen LogP contribution in [0.3, 0.4) is 0 Å². The molecule has 0 saturated heterocycles. The van der Waals surface area contributed by atoms with E-state index in [4.69, 9.17) is 10.5 Å². The number of rotatable bonds is 8. The lowest BCUT2D eigenvalue weighted by atomic mass is 10.4. The van der Waals surface area contributed by atoms with E-state index in [1.807, 2.05) is 18.4 Å². The summed E-state index contributed by atoms with van der Waals surface area (Å²) in [4.78, 5) is 0.289. The smallest absolute Gasteiger partial charge is 0.244 e. The molecule has 20 heavy (non-hydrogen) atoms. The van der Waals surface area contributed by atoms with Crippen LogP contribution in [-0.4, -0.2) is 44.1 Å². The average molecular weight is 303 g/mol. The van der Waals surface area contributed by atoms with Gasteiger partial charge < -0.3 is 15.0 Å². The summed E-state index contributed by atoms with van der Waals surface area (Å²) >= 11 is 0. The Hall–Kier alpha value is -0.890. The van der Waals surface area contributed by atoms with Crippen LogP contribution in [0.15, 0.2) is 17.2 Å². The molecule has 1 unspecified atom stereocenters. The summed E-state index contributed by atoms with van der Waals surface area (Å²) in [6.45, 7) is 5.30. The van der Waals surface area contributed by atoms with Gasteiger partial charge in [-0.2, -0.15) is 4.31 Å². The van der Waals surface area contributed by atoms with Crippen molar-refractivity contribution >= 4 is 10.0 Å². The van der Waals surface area contributed by atoms with Gasteiger partial charge in [0, 0.05) is 45.2 Å². The van der Waals surface area contributed by atoms with Crippen molar-refractivity contribution in [1.29, 1.82) is 0 Å². The molecule has 0 aliphatic rings. The normalized spacial score (nSPS) is 13.9. The molecule has 116 valence electrons. The zero-order valence-electron chi connectivity index (χ0n) is 12.7. The SMILES string of the molecule is CCCn1cc(S(=O)(=O)N(C)C(C)COC)cc1CN. The van der Waals surface area contributed by atoms with Crippen LogP contribution in [0, 0.1) is 0 Å². The van der Waals surface area contributed by atoms with Gasteiger partial charge in [0.2, 0.25) is 10.0 Å². The van der Waals surface area contributed by atoms with Gasteiger partial charge in [-0.1, -0.05) is 6.92 Å². The standard InChI is InChI=1S/C13H25N3O3S/c1-5-6-16-9-13(7-12(16)8-14)20(17,18)15(3)11(2)10-19-4/h7,9,11H,5-6,8,10,14H2,1-4H3. The Morgan fingerprint density at radius 3 is 2.65 bits per heavy atom. The van der Waals surface area contributed by atoms with Gasteiger partial charge >= 0.3 is 0 Å². The van der Waals surface area contributed by atoms with Gasteiger partial charge in [-0.25, -0.2) is 8.42 Å². The maximum Gasteiger partial charge on any atom is 0.244 e. The van der Waals surface area contributed by atoms with E-state index in [-0.39, 0.29) is 10.9 Å². The van der Waals surface area contributed by atoms with Gasteiger partial charge in [-0.05, 0) is 19.4 Å². The molecule has 0 bridgehead atoms. The summed E-state index contributed by atoms with van der Waals surface area (Å²) in [5.74, 6) is 0. The number of nitrogens with zero attached hydrogens (tertiary/aromatic N) is 2. The number of nitrogens with two attached hydrogens (primary N) is 1. The predicted octanol–water partition coefficient (Wildman–Crippen LogP) is 1.01. The summed E-state index contributed by atoms with van der Waals surface area (Å²) in [5.41, 5.74) is 6.50. The Bertz CT molecular complexity index is 525. The maximum atomic E-state index is 12.6. The highest BCUT2D eigenvalue weighted by molar-refractivity contribution is 7.89. The minimum atomic E-state index is -3.51. The third-order valence-electron chi connectivity index (χ3n) is 3.34. The lowest BCUT2D eigenvalue weighted by Gasteiger charge is -2.23. The van der Waals surface area contributed by atoms with E-state index in [9.17, 15) is 8.42 Å². The van der Waals surface area contributed by atoms with E-state index in [2.05, 4.69) is 0 Å². The number of hydrogen-bond acceptors (Lipinski definition) is 4. The van der Waals surface area contributed by atoms with Gasteiger partial charge in [-0.15, -0.1) is 0 Å². The molecule has 1 atom stereocenters. The lowest BCUT2D eigenvalue weighted by molar-refractivity contribution is 0.149. The molecule has 1 rings (SSSR count). The zero-order valence-corrected chi connectivity index (χ0v) is 13.5. The Balaban J connectivity index is 3.09. The molecule has 2 N–H and O–H groups in total. The van der Waals surface area contributed by atoms with Crippen LogP contribution < -0.4 is 5.73 Å². The molecule has 0 radical (unpaired) electrons. The van der Waals surface area contributed by atoms with Crippen molar-refractivity contribution in [3.8, 4) is 0 Å². The molecule has 0 spiro atoms. The van der Waals surface area contributed by atoms with E-state index in [1.165, 1.54) is 4.31 Å². The Labute approximate surface area is 121 Å². The number of sulfonamides is 1. The Morgan fingerprint density at radius 2 is 2.15 bits per heavy atom. The second-order valence-corrected chi connectivity index (χ2v) is 6.89. The lowest BCUT2D eigenvalue weighted by Crippen LogP contribution is -2.37. The first kappa shape index (κ1) is 17.2. The molecule has 0 aliphatic carbocycles. The first-order valence-corrected chi connectivity index (χ1v) is 8.18. The van der Waals surface area contributed by atoms with E-state index in [1.54, 1.807) is 26.4 Å². The average Bonchev–Trinajstić information content (AvgIpc) is 2.82. The van der Waals surface area contributed by atoms with Crippen LogP contribution in [0.4, 0.5) is 0 Å². The van der Waals surface area contributed by atoms with Crippen LogP contribution in [-0.2, 0) is 27.8 Å². The quantitative estimate of drug-likeness (QED) is 0.777. The summed E-state index contributed by atoms with van der Waals surface area (Å²) in [7, 11) is -0.389. The zero-order chi connectivity index (χ0) is 15.3. The summed E-state index contributed by atoms with van der Waals surface area (Å²) in [6.07, 6.45) is 2.59. The molecule has 0 aromatic carbocycles. The summed E-state index contributed by atoms with van der Waals surface area (Å²) in [5, 5.41) is 0. The van der Waals surface area contributed by atoms with E-state index >= 15 is 0 Å². The second-order valence-electron chi connectivity index (χ2n) is 4.89. The van der Waals surface area contributed by atoms with Gasteiger partial charge in [-0.3, -0.25) is 0 Å². The number of aryl methyl sites for hydroxylation is 1. The molecule has 1 heterocycles. The van der Waals surface area contributed by atoms with Crippen LogP contribution in [0.1, 0.15) is 26.0 Å². The van der Waals surface area contributed by atoms with Crippen molar-refractivity contribution in [2.45, 2.75) is 44.3 Å². The fraction of sp³-hybridized carbons (Fsp3) is 0.692. The fourth-order valence-corrected chi connectivity index (χ4v) is 3.45. The fourth-order valence-electron chi connectivity index (χ4n) is 2.04. The molecule has 0 aliphatic heterocycles. The van der Waals surface area contributed by atoms with Crippen molar-refractivity contribution < 1.29 is 13.2 Å². The van der Waals surface area contributed by atoms with E-state index in [0.717, 1.165) is 18.7 Å². The van der Waals surface area contributed by atoms with E-state index in [0.29, 0.717) is 13.2 Å². The van der Waals surface area contributed by atoms with Crippen LogP contribution in [0.2, 0.25) is 0 Å². The van der Waals surface area contributed by atoms with Gasteiger partial charge in [0.05, 0.1) is 6.61 Å². The molecule has 0 saturated carbocycles. The van der Waals surface area contributed by atoms with Gasteiger partial charge in [0.1, 0.15) is 4.90 Å². The van der Waals surface area contributed by atoms with Crippen molar-refractivity contribution in [3.05, 3.63) is 18.0 Å². The Kier molecular flexibility index (Phi) is 6.19. The van der Waals surface area contributed by atoms with Crippen LogP contribution >= 0.6 is 0 Å². The number of aromatic nitrogens is 1. The molecular formula is C13H25N3O3S. The van der Waals surface area contributed by atoms with Crippen LogP contribution in [0.25, 0.3) is 0 Å². The monoisotopic (exact) mass is 303 g/mol. The van der Waals surface area contributed by atoms with Crippen molar-refractivity contribution in [1.82, 2.24) is 8.87 Å². The second kappa shape index (κ2) is 7.21. The topological polar surface area (TPSA) is 77.6 Å². The van der Waals surface area contributed by atoms with Crippen molar-refractivity contribution in [2.75, 3.05) is 20.8 Å². The summed E-state index contributed by atoms with van der Waals surface area (Å²) < 4.78 is 33.4. The minimum absolute atomic E-state index is 0.221. The Morgan fingerprint density at radius 1 is 1.50 bits per heavy atom. The number of likely N-dealkylation sites (N-methyl/N-ethyl adjacent to an activating group) is 1. The third kappa shape index (κ3) is 3.60. The molecule has 7 heteroatoms. The maximum absolute atomic E-state index is 12.6. The first-order valence-electron chi connectivity index (χ1n) is 6.74. The molecule has 0 fully saturated rings. The number of ether oxygens (including phenoxy) is 1. The highest BCUT2D eigenvalue weighted by Gasteiger charge is 2.27. The van der Waals surface area contributed by atoms with Crippen molar-refractivity contribution in [3.63, 3.8) is 0 Å². The highest BCUT2D eigenvalue weighted by atomic mass is 32.2. The molecule has 6 nitrogen and oxygen atoms in total. The van der Waals surface area contributed by atoms with Gasteiger partial charge in [0.15, 0.2) is 0 Å². The highest BCUT2D eigenvalue weighted by Crippen LogP contribution is 2.20. The van der Waals surface area contributed by atoms with Crippen LogP contribution in [0.5, 0.6) is 0 Å².